The molecule has 5 rings (SSSR count). The van der Waals surface area contributed by atoms with Crippen LogP contribution in [0, 0.1) is 6.92 Å². The first-order chi connectivity index (χ1) is 17.0. The number of rotatable bonds is 7. The number of halogens is 3. The number of aromatic nitrogens is 4. The average Bonchev–Trinajstić information content (AvgIpc) is 3.35. The molecule has 1 aliphatic carbocycles. The van der Waals surface area contributed by atoms with E-state index < -0.39 is 11.6 Å². The van der Waals surface area contributed by atoms with Crippen LogP contribution in [0.1, 0.15) is 49.1 Å². The molecule has 9 heteroatoms. The van der Waals surface area contributed by atoms with Crippen LogP contribution in [0.5, 0.6) is 0 Å². The summed E-state index contributed by atoms with van der Waals surface area (Å²) < 4.78 is 47.3. The molecule has 188 valence electrons. The van der Waals surface area contributed by atoms with Crippen molar-refractivity contribution in [1.29, 1.82) is 0 Å². The van der Waals surface area contributed by atoms with Crippen molar-refractivity contribution in [3.63, 3.8) is 0 Å². The zero-order valence-electron chi connectivity index (χ0n) is 20.3. The molecule has 0 saturated heterocycles. The Kier molecular flexibility index (Phi) is 5.78. The standard InChI is InChI=1S/C27H27F3N4O2/c1-17-13-22(32-34(17)15-18-5-4-6-21(14-18)26(16-35)11-12-26)24-31-23(33-36-24)19-7-9-20(10-8-19)25(2,3)27(28,29)30/h4-10,13-14,35H,11-12,15-16H2,1-3H3. The molecule has 1 N–H and O–H groups in total. The van der Waals surface area contributed by atoms with Gasteiger partial charge in [0, 0.05) is 16.7 Å². The molecule has 36 heavy (non-hydrogen) atoms. The third-order valence-electron chi connectivity index (χ3n) is 7.23. The zero-order chi connectivity index (χ0) is 25.7. The van der Waals surface area contributed by atoms with Gasteiger partial charge in [-0.05, 0) is 56.4 Å². The van der Waals surface area contributed by atoms with E-state index in [0.29, 0.717) is 17.8 Å². The fourth-order valence-electron chi connectivity index (χ4n) is 4.28. The van der Waals surface area contributed by atoms with Gasteiger partial charge in [0.05, 0.1) is 18.6 Å². The molecule has 0 atom stereocenters. The molecule has 1 fully saturated rings. The highest BCUT2D eigenvalue weighted by Gasteiger charge is 2.48. The Morgan fingerprint density at radius 2 is 1.78 bits per heavy atom. The first-order valence-corrected chi connectivity index (χ1v) is 11.8. The van der Waals surface area contributed by atoms with Gasteiger partial charge >= 0.3 is 6.18 Å². The van der Waals surface area contributed by atoms with Gasteiger partial charge in [0.1, 0.15) is 0 Å². The summed E-state index contributed by atoms with van der Waals surface area (Å²) >= 11 is 0. The van der Waals surface area contributed by atoms with E-state index in [1.165, 1.54) is 12.1 Å². The van der Waals surface area contributed by atoms with Crippen molar-refractivity contribution in [2.75, 3.05) is 6.61 Å². The van der Waals surface area contributed by atoms with Crippen LogP contribution < -0.4 is 0 Å². The van der Waals surface area contributed by atoms with Crippen molar-refractivity contribution >= 4 is 0 Å². The molecule has 0 amide bonds. The summed E-state index contributed by atoms with van der Waals surface area (Å²) in [7, 11) is 0. The van der Waals surface area contributed by atoms with Crippen LogP contribution in [0.15, 0.2) is 59.1 Å². The largest absolute Gasteiger partial charge is 0.397 e. The second kappa shape index (κ2) is 8.58. The van der Waals surface area contributed by atoms with Crippen LogP contribution in [0.4, 0.5) is 13.2 Å². The summed E-state index contributed by atoms with van der Waals surface area (Å²) in [6, 6.07) is 16.1. The summed E-state index contributed by atoms with van der Waals surface area (Å²) in [6.45, 7) is 4.96. The van der Waals surface area contributed by atoms with Gasteiger partial charge in [-0.15, -0.1) is 0 Å². The van der Waals surface area contributed by atoms with Crippen molar-refractivity contribution in [2.45, 2.75) is 57.2 Å². The molecule has 0 spiro atoms. The first-order valence-electron chi connectivity index (χ1n) is 11.8. The van der Waals surface area contributed by atoms with Gasteiger partial charge in [-0.25, -0.2) is 0 Å². The van der Waals surface area contributed by atoms with Gasteiger partial charge in [0.25, 0.3) is 5.89 Å². The van der Waals surface area contributed by atoms with E-state index in [9.17, 15) is 18.3 Å². The van der Waals surface area contributed by atoms with Crippen molar-refractivity contribution in [3.8, 4) is 23.0 Å². The highest BCUT2D eigenvalue weighted by molar-refractivity contribution is 5.58. The predicted molar refractivity (Wildman–Crippen MR) is 128 cm³/mol. The molecule has 0 unspecified atom stereocenters. The summed E-state index contributed by atoms with van der Waals surface area (Å²) in [5.74, 6) is 0.512. The Morgan fingerprint density at radius 3 is 2.42 bits per heavy atom. The van der Waals surface area contributed by atoms with Gasteiger partial charge < -0.3 is 9.63 Å². The van der Waals surface area contributed by atoms with E-state index in [1.54, 1.807) is 12.1 Å². The molecule has 4 aromatic rings. The van der Waals surface area contributed by atoms with Crippen LogP contribution in [0.2, 0.25) is 0 Å². The van der Waals surface area contributed by atoms with E-state index in [2.05, 4.69) is 27.4 Å². The smallest absolute Gasteiger partial charge is 0.395 e. The van der Waals surface area contributed by atoms with Crippen LogP contribution in [-0.2, 0) is 17.4 Å². The predicted octanol–water partition coefficient (Wildman–Crippen LogP) is 5.82. The number of hydrogen-bond donors (Lipinski definition) is 1. The van der Waals surface area contributed by atoms with Crippen molar-refractivity contribution in [3.05, 3.63) is 77.0 Å². The average molecular weight is 497 g/mol. The Balaban J connectivity index is 1.34. The molecule has 0 bridgehead atoms. The minimum Gasteiger partial charge on any atom is -0.395 e. The molecule has 1 saturated carbocycles. The van der Waals surface area contributed by atoms with Gasteiger partial charge in [-0.3, -0.25) is 4.68 Å². The van der Waals surface area contributed by atoms with Gasteiger partial charge in [0.2, 0.25) is 5.82 Å². The highest BCUT2D eigenvalue weighted by atomic mass is 19.4. The number of hydrogen-bond acceptors (Lipinski definition) is 5. The number of aryl methyl sites for hydroxylation is 1. The van der Waals surface area contributed by atoms with Crippen LogP contribution >= 0.6 is 0 Å². The van der Waals surface area contributed by atoms with E-state index in [4.69, 9.17) is 4.52 Å². The minimum atomic E-state index is -4.36. The monoisotopic (exact) mass is 496 g/mol. The van der Waals surface area contributed by atoms with Crippen molar-refractivity contribution < 1.29 is 22.8 Å². The topological polar surface area (TPSA) is 77.0 Å². The third-order valence-corrected chi connectivity index (χ3v) is 7.23. The van der Waals surface area contributed by atoms with Crippen LogP contribution in [0.25, 0.3) is 23.0 Å². The van der Waals surface area contributed by atoms with Gasteiger partial charge in [0.15, 0.2) is 5.69 Å². The van der Waals surface area contributed by atoms with E-state index in [1.807, 2.05) is 29.8 Å². The van der Waals surface area contributed by atoms with Gasteiger partial charge in [-0.2, -0.15) is 23.3 Å². The molecule has 2 heterocycles. The second-order valence-corrected chi connectivity index (χ2v) is 10.1. The number of aliphatic hydroxyl groups excluding tert-OH is 1. The highest BCUT2D eigenvalue weighted by Crippen LogP contribution is 2.47. The quantitative estimate of drug-likeness (QED) is 0.349. The molecule has 0 radical (unpaired) electrons. The number of aliphatic hydroxyl groups is 1. The SMILES string of the molecule is Cc1cc(-c2nc(-c3ccc(C(C)(C)C(F)(F)F)cc3)no2)nn1Cc1cccc(C2(CO)CC2)c1. The second-order valence-electron chi connectivity index (χ2n) is 10.1. The Morgan fingerprint density at radius 1 is 1.06 bits per heavy atom. The normalized spacial score (nSPS) is 15.3. The lowest BCUT2D eigenvalue weighted by Crippen LogP contribution is -2.36. The first kappa shape index (κ1) is 24.2. The molecule has 2 aromatic carbocycles. The Hall–Kier alpha value is -3.46. The molecular formula is C27H27F3N4O2. The van der Waals surface area contributed by atoms with Crippen molar-refractivity contribution in [1.82, 2.24) is 19.9 Å². The molecule has 2 aromatic heterocycles. The maximum absolute atomic E-state index is 13.3. The number of nitrogens with zero attached hydrogens (tertiary/aromatic N) is 4. The number of alkyl halides is 3. The summed E-state index contributed by atoms with van der Waals surface area (Å²) in [6.07, 6.45) is -2.36. The van der Waals surface area contributed by atoms with E-state index in [0.717, 1.165) is 43.5 Å². The summed E-state index contributed by atoms with van der Waals surface area (Å²) in [4.78, 5) is 4.41. The minimum absolute atomic E-state index is 0.0960. The maximum Gasteiger partial charge on any atom is 0.397 e. The fraction of sp³-hybridized carbons (Fsp3) is 0.370. The fourth-order valence-corrected chi connectivity index (χ4v) is 4.28. The molecular weight excluding hydrogens is 469 g/mol. The van der Waals surface area contributed by atoms with Gasteiger partial charge in [-0.1, -0.05) is 53.7 Å². The molecule has 1 aliphatic rings. The van der Waals surface area contributed by atoms with Crippen molar-refractivity contribution in [2.24, 2.45) is 0 Å². The van der Waals surface area contributed by atoms with E-state index >= 15 is 0 Å². The lowest BCUT2D eigenvalue weighted by molar-refractivity contribution is -0.180. The summed E-state index contributed by atoms with van der Waals surface area (Å²) in [5.41, 5.74) is 2.32. The Bertz CT molecular complexity index is 1380. The zero-order valence-corrected chi connectivity index (χ0v) is 20.3. The lowest BCUT2D eigenvalue weighted by Gasteiger charge is -2.28. The van der Waals surface area contributed by atoms with Crippen LogP contribution in [-0.4, -0.2) is 37.8 Å². The van der Waals surface area contributed by atoms with Crippen LogP contribution in [0.3, 0.4) is 0 Å². The molecule has 6 nitrogen and oxygen atoms in total. The van der Waals surface area contributed by atoms with E-state index in [-0.39, 0.29) is 29.3 Å². The Labute approximate surface area is 206 Å². The molecule has 0 aliphatic heterocycles. The maximum atomic E-state index is 13.3. The number of benzene rings is 2. The lowest BCUT2D eigenvalue weighted by atomic mass is 9.83. The third kappa shape index (κ3) is 4.32. The summed E-state index contributed by atoms with van der Waals surface area (Å²) in [5, 5.41) is 18.4.